The molecule has 0 aromatic heterocycles. The molecule has 3 heteroatoms. The molecule has 3 nitrogen and oxygen atoms in total. The fourth-order valence-corrected chi connectivity index (χ4v) is 3.63. The molecule has 0 aliphatic heterocycles. The molecule has 0 atom stereocenters. The quantitative estimate of drug-likeness (QED) is 0.326. The van der Waals surface area contributed by atoms with E-state index in [1.807, 2.05) is 54.6 Å². The van der Waals surface area contributed by atoms with E-state index < -0.39 is 0 Å². The molecule has 0 fully saturated rings. The molecule has 4 rings (SSSR count). The predicted octanol–water partition coefficient (Wildman–Crippen LogP) is 5.99. The molecule has 0 unspecified atom stereocenters. The highest BCUT2D eigenvalue weighted by atomic mass is 16.5. The van der Waals surface area contributed by atoms with Crippen LogP contribution in [-0.2, 0) is 17.6 Å². The lowest BCUT2D eigenvalue weighted by molar-refractivity contribution is -0.130. The van der Waals surface area contributed by atoms with Crippen molar-refractivity contribution in [3.05, 3.63) is 77.9 Å². The highest BCUT2D eigenvalue weighted by molar-refractivity contribution is 5.99. The van der Waals surface area contributed by atoms with Crippen LogP contribution in [0.1, 0.15) is 30.9 Å². The van der Waals surface area contributed by atoms with Gasteiger partial charge in [0, 0.05) is 27.5 Å². The lowest BCUT2D eigenvalue weighted by Crippen LogP contribution is -2.14. The van der Waals surface area contributed by atoms with Crippen LogP contribution in [0.25, 0.3) is 10.8 Å². The van der Waals surface area contributed by atoms with Crippen LogP contribution in [-0.4, -0.2) is 5.97 Å². The van der Waals surface area contributed by atoms with Crippen molar-refractivity contribution >= 4 is 16.7 Å². The molecule has 136 valence electrons. The van der Waals surface area contributed by atoms with Gasteiger partial charge in [0.2, 0.25) is 0 Å². The van der Waals surface area contributed by atoms with Crippen molar-refractivity contribution in [1.82, 2.24) is 0 Å². The van der Waals surface area contributed by atoms with Crippen molar-refractivity contribution in [2.24, 2.45) is 0 Å². The van der Waals surface area contributed by atoms with Crippen LogP contribution in [0.4, 0.5) is 0 Å². The summed E-state index contributed by atoms with van der Waals surface area (Å²) < 4.78 is 12.1. The Hall–Kier alpha value is -3.07. The highest BCUT2D eigenvalue weighted by Gasteiger charge is 2.25. The van der Waals surface area contributed by atoms with Crippen molar-refractivity contribution in [3.63, 3.8) is 0 Å². The van der Waals surface area contributed by atoms with Gasteiger partial charge in [0.05, 0.1) is 0 Å². The fourth-order valence-electron chi connectivity index (χ4n) is 3.63. The Balaban J connectivity index is 1.94. The molecule has 27 heavy (non-hydrogen) atoms. The number of hydrogen-bond donors (Lipinski definition) is 0. The molecule has 3 aromatic carbocycles. The summed E-state index contributed by atoms with van der Waals surface area (Å²) in [5.41, 5.74) is 2.63. The van der Waals surface area contributed by atoms with Crippen LogP contribution in [0.2, 0.25) is 0 Å². The minimum Gasteiger partial charge on any atom is -0.456 e. The largest absolute Gasteiger partial charge is 0.456 e. The zero-order valence-corrected chi connectivity index (χ0v) is 15.5. The van der Waals surface area contributed by atoms with Crippen LogP contribution >= 0.6 is 0 Å². The molecule has 1 aliphatic rings. The topological polar surface area (TPSA) is 35.5 Å². The highest BCUT2D eigenvalue weighted by Crippen LogP contribution is 2.45. The summed E-state index contributed by atoms with van der Waals surface area (Å²) in [5.74, 6) is 1.96. The van der Waals surface area contributed by atoms with E-state index >= 15 is 0 Å². The Bertz CT molecular complexity index is 1020. The van der Waals surface area contributed by atoms with E-state index in [-0.39, 0.29) is 5.97 Å². The average molecular weight is 358 g/mol. The molecule has 3 aromatic rings. The van der Waals surface area contributed by atoms with Crippen molar-refractivity contribution < 1.29 is 14.3 Å². The summed E-state index contributed by atoms with van der Waals surface area (Å²) in [4.78, 5) is 12.3. The first-order valence-electron chi connectivity index (χ1n) is 9.32. The van der Waals surface area contributed by atoms with Crippen molar-refractivity contribution in [2.45, 2.75) is 32.6 Å². The summed E-state index contributed by atoms with van der Waals surface area (Å²) in [6, 6.07) is 17.8. The SMILES string of the molecule is C=C(C)C(=O)Oc1c2c(c(Oc3ccccc3)c3ccccc13)CCCC2. The van der Waals surface area contributed by atoms with E-state index in [1.54, 1.807) is 6.92 Å². The molecular formula is C24H22O3. The van der Waals surface area contributed by atoms with Crippen LogP contribution in [0.5, 0.6) is 17.2 Å². The molecule has 0 bridgehead atoms. The molecule has 0 saturated carbocycles. The van der Waals surface area contributed by atoms with E-state index in [0.29, 0.717) is 11.3 Å². The van der Waals surface area contributed by atoms with Gasteiger partial charge >= 0.3 is 5.97 Å². The number of esters is 1. The van der Waals surface area contributed by atoms with Gasteiger partial charge in [0.1, 0.15) is 17.2 Å². The Kier molecular flexibility index (Phi) is 4.68. The van der Waals surface area contributed by atoms with E-state index in [9.17, 15) is 4.79 Å². The first kappa shape index (κ1) is 17.3. The molecule has 0 amide bonds. The molecule has 1 aliphatic carbocycles. The third kappa shape index (κ3) is 3.33. The Morgan fingerprint density at radius 3 is 2.04 bits per heavy atom. The van der Waals surface area contributed by atoms with Gasteiger partial charge in [0.15, 0.2) is 0 Å². The monoisotopic (exact) mass is 358 g/mol. The van der Waals surface area contributed by atoms with E-state index in [1.165, 1.54) is 0 Å². The third-order valence-electron chi connectivity index (χ3n) is 4.94. The number of ether oxygens (including phenoxy) is 2. The van der Waals surface area contributed by atoms with Crippen molar-refractivity contribution in [3.8, 4) is 17.2 Å². The summed E-state index contributed by atoms with van der Waals surface area (Å²) in [6.07, 6.45) is 3.97. The van der Waals surface area contributed by atoms with Crippen LogP contribution < -0.4 is 9.47 Å². The van der Waals surface area contributed by atoms with Gasteiger partial charge < -0.3 is 9.47 Å². The first-order valence-corrected chi connectivity index (χ1v) is 9.32. The lowest BCUT2D eigenvalue weighted by atomic mass is 9.87. The number of carbonyl (C=O) groups excluding carboxylic acids is 1. The average Bonchev–Trinajstić information content (AvgIpc) is 2.71. The number of carbonyl (C=O) groups is 1. The van der Waals surface area contributed by atoms with Crippen LogP contribution in [0.15, 0.2) is 66.7 Å². The molecule has 0 radical (unpaired) electrons. The number of para-hydroxylation sites is 1. The second kappa shape index (κ2) is 7.28. The van der Waals surface area contributed by atoms with Crippen molar-refractivity contribution in [2.75, 3.05) is 0 Å². The Labute approximate surface area is 159 Å². The zero-order chi connectivity index (χ0) is 18.8. The van der Waals surface area contributed by atoms with Gasteiger partial charge in [0.25, 0.3) is 0 Å². The maximum atomic E-state index is 12.3. The summed E-state index contributed by atoms with van der Waals surface area (Å²) in [6.45, 7) is 5.39. The van der Waals surface area contributed by atoms with Crippen molar-refractivity contribution in [1.29, 1.82) is 0 Å². The first-order chi connectivity index (χ1) is 13.1. The minimum absolute atomic E-state index is 0.385. The van der Waals surface area contributed by atoms with Gasteiger partial charge in [-0.05, 0) is 44.7 Å². The van der Waals surface area contributed by atoms with Crippen LogP contribution in [0.3, 0.4) is 0 Å². The van der Waals surface area contributed by atoms with Gasteiger partial charge in [-0.25, -0.2) is 4.79 Å². The fraction of sp³-hybridized carbons (Fsp3) is 0.208. The summed E-state index contributed by atoms with van der Waals surface area (Å²) in [5, 5.41) is 1.87. The van der Waals surface area contributed by atoms with Crippen LogP contribution in [0, 0.1) is 0 Å². The molecule has 0 spiro atoms. The number of benzene rings is 3. The van der Waals surface area contributed by atoms with Gasteiger partial charge in [-0.3, -0.25) is 0 Å². The second-order valence-corrected chi connectivity index (χ2v) is 6.95. The Morgan fingerprint density at radius 1 is 0.852 bits per heavy atom. The second-order valence-electron chi connectivity index (χ2n) is 6.95. The number of hydrogen-bond acceptors (Lipinski definition) is 3. The maximum Gasteiger partial charge on any atom is 0.338 e. The van der Waals surface area contributed by atoms with E-state index in [2.05, 4.69) is 6.58 Å². The number of rotatable bonds is 4. The molecular weight excluding hydrogens is 336 g/mol. The lowest BCUT2D eigenvalue weighted by Gasteiger charge is -2.25. The third-order valence-corrected chi connectivity index (χ3v) is 4.94. The molecule has 0 saturated heterocycles. The van der Waals surface area contributed by atoms with Gasteiger partial charge in [-0.1, -0.05) is 49.0 Å². The summed E-state index contributed by atoms with van der Waals surface area (Å²) >= 11 is 0. The standard InChI is InChI=1S/C24H22O3/c1-16(2)24(25)27-23-20-14-8-6-12-18(20)22(19-13-7-9-15-21(19)23)26-17-10-4-3-5-11-17/h3-6,8,10-12,14H,1,7,9,13,15H2,2H3. The molecule has 0 N–H and O–H groups in total. The van der Waals surface area contributed by atoms with E-state index in [4.69, 9.17) is 9.47 Å². The zero-order valence-electron chi connectivity index (χ0n) is 15.5. The van der Waals surface area contributed by atoms with Gasteiger partial charge in [-0.15, -0.1) is 0 Å². The smallest absolute Gasteiger partial charge is 0.338 e. The summed E-state index contributed by atoms with van der Waals surface area (Å²) in [7, 11) is 0. The van der Waals surface area contributed by atoms with Gasteiger partial charge in [-0.2, -0.15) is 0 Å². The van der Waals surface area contributed by atoms with E-state index in [0.717, 1.165) is 59.1 Å². The minimum atomic E-state index is -0.385. The molecule has 0 heterocycles. The number of fused-ring (bicyclic) bond motifs is 2. The Morgan fingerprint density at radius 2 is 1.41 bits per heavy atom. The maximum absolute atomic E-state index is 12.3. The predicted molar refractivity (Wildman–Crippen MR) is 108 cm³/mol. The normalized spacial score (nSPS) is 13.1.